The maximum atomic E-state index is 11.3. The van der Waals surface area contributed by atoms with E-state index in [4.69, 9.17) is 10.8 Å². The first-order valence-electron chi connectivity index (χ1n) is 4.70. The molecule has 4 heteroatoms. The van der Waals surface area contributed by atoms with Crippen LogP contribution in [-0.4, -0.2) is 17.0 Å². The molecule has 0 aromatic heterocycles. The average molecular weight is 197 g/mol. The third-order valence-electron chi connectivity index (χ3n) is 3.08. The summed E-state index contributed by atoms with van der Waals surface area (Å²) in [5.41, 5.74) is 4.40. The van der Waals surface area contributed by atoms with Crippen LogP contribution in [0.1, 0.15) is 25.7 Å². The van der Waals surface area contributed by atoms with Gasteiger partial charge >= 0.3 is 5.97 Å². The van der Waals surface area contributed by atoms with Gasteiger partial charge in [0.15, 0.2) is 0 Å². The molecule has 14 heavy (non-hydrogen) atoms. The number of primary amides is 1. The molecule has 1 fully saturated rings. The largest absolute Gasteiger partial charge is 0.481 e. The molecule has 0 aromatic rings. The number of carbonyl (C=O) groups is 2. The zero-order valence-corrected chi connectivity index (χ0v) is 8.03. The van der Waals surface area contributed by atoms with Crippen LogP contribution in [0.5, 0.6) is 0 Å². The Bertz CT molecular complexity index is 267. The molecule has 0 heterocycles. The molecule has 1 aliphatic carbocycles. The molecule has 1 unspecified atom stereocenters. The first kappa shape index (κ1) is 10.8. The van der Waals surface area contributed by atoms with Crippen molar-refractivity contribution in [1.29, 1.82) is 0 Å². The summed E-state index contributed by atoms with van der Waals surface area (Å²) in [5.74, 6) is -2.37. The highest BCUT2D eigenvalue weighted by molar-refractivity contribution is 5.88. The third kappa shape index (κ3) is 1.52. The van der Waals surface area contributed by atoms with Crippen molar-refractivity contribution < 1.29 is 14.7 Å². The molecule has 1 amide bonds. The van der Waals surface area contributed by atoms with Gasteiger partial charge in [0.1, 0.15) is 0 Å². The third-order valence-corrected chi connectivity index (χ3v) is 3.08. The van der Waals surface area contributed by atoms with E-state index < -0.39 is 23.2 Å². The van der Waals surface area contributed by atoms with Crippen LogP contribution in [-0.2, 0) is 9.59 Å². The fourth-order valence-electron chi connectivity index (χ4n) is 2.28. The Kier molecular flexibility index (Phi) is 2.93. The quantitative estimate of drug-likeness (QED) is 0.657. The SMILES string of the molecule is C=CC(C(=O)O)C1(C(N)=O)CCCC1. The van der Waals surface area contributed by atoms with E-state index in [0.29, 0.717) is 12.8 Å². The molecule has 0 aliphatic heterocycles. The highest BCUT2D eigenvalue weighted by Crippen LogP contribution is 2.44. The lowest BCUT2D eigenvalue weighted by Gasteiger charge is -2.29. The average Bonchev–Trinajstić information content (AvgIpc) is 2.54. The molecular weight excluding hydrogens is 182 g/mol. The summed E-state index contributed by atoms with van der Waals surface area (Å²) in [6.45, 7) is 3.47. The normalized spacial score (nSPS) is 21.4. The van der Waals surface area contributed by atoms with Crippen LogP contribution in [0.2, 0.25) is 0 Å². The Labute approximate surface area is 82.8 Å². The summed E-state index contributed by atoms with van der Waals surface area (Å²) < 4.78 is 0. The lowest BCUT2D eigenvalue weighted by atomic mass is 9.73. The Morgan fingerprint density at radius 2 is 1.93 bits per heavy atom. The maximum Gasteiger partial charge on any atom is 0.311 e. The van der Waals surface area contributed by atoms with E-state index in [1.165, 1.54) is 6.08 Å². The van der Waals surface area contributed by atoms with E-state index >= 15 is 0 Å². The monoisotopic (exact) mass is 197 g/mol. The smallest absolute Gasteiger partial charge is 0.311 e. The molecule has 0 spiro atoms. The highest BCUT2D eigenvalue weighted by atomic mass is 16.4. The minimum absolute atomic E-state index is 0.512. The molecule has 1 saturated carbocycles. The Morgan fingerprint density at radius 3 is 2.21 bits per heavy atom. The van der Waals surface area contributed by atoms with Crippen LogP contribution in [0.3, 0.4) is 0 Å². The Balaban J connectivity index is 3.02. The summed E-state index contributed by atoms with van der Waals surface area (Å²) in [7, 11) is 0. The Hall–Kier alpha value is -1.32. The number of amides is 1. The molecule has 4 nitrogen and oxygen atoms in total. The van der Waals surface area contributed by atoms with Gasteiger partial charge < -0.3 is 10.8 Å². The minimum Gasteiger partial charge on any atom is -0.481 e. The van der Waals surface area contributed by atoms with Gasteiger partial charge in [0.05, 0.1) is 11.3 Å². The topological polar surface area (TPSA) is 80.4 Å². The second-order valence-electron chi connectivity index (χ2n) is 3.78. The van der Waals surface area contributed by atoms with E-state index in [-0.39, 0.29) is 0 Å². The number of hydrogen-bond donors (Lipinski definition) is 2. The van der Waals surface area contributed by atoms with Crippen molar-refractivity contribution in [3.05, 3.63) is 12.7 Å². The van der Waals surface area contributed by atoms with E-state index in [1.54, 1.807) is 0 Å². The second kappa shape index (κ2) is 3.82. The predicted molar refractivity (Wildman–Crippen MR) is 51.4 cm³/mol. The summed E-state index contributed by atoms with van der Waals surface area (Å²) in [6.07, 6.45) is 4.16. The summed E-state index contributed by atoms with van der Waals surface area (Å²) >= 11 is 0. The van der Waals surface area contributed by atoms with E-state index in [2.05, 4.69) is 6.58 Å². The van der Waals surface area contributed by atoms with Crippen molar-refractivity contribution in [3.8, 4) is 0 Å². The van der Waals surface area contributed by atoms with Crippen molar-refractivity contribution in [1.82, 2.24) is 0 Å². The van der Waals surface area contributed by atoms with Crippen molar-refractivity contribution in [2.24, 2.45) is 17.1 Å². The number of hydrogen-bond acceptors (Lipinski definition) is 2. The number of carbonyl (C=O) groups excluding carboxylic acids is 1. The number of carboxylic acids is 1. The van der Waals surface area contributed by atoms with Gasteiger partial charge in [0, 0.05) is 0 Å². The first-order valence-corrected chi connectivity index (χ1v) is 4.70. The second-order valence-corrected chi connectivity index (χ2v) is 3.78. The van der Waals surface area contributed by atoms with Gasteiger partial charge in [0.2, 0.25) is 5.91 Å². The number of aliphatic carboxylic acids is 1. The van der Waals surface area contributed by atoms with Crippen molar-refractivity contribution in [3.63, 3.8) is 0 Å². The van der Waals surface area contributed by atoms with Gasteiger partial charge in [-0.3, -0.25) is 9.59 Å². The number of carboxylic acid groups (broad SMARTS) is 1. The lowest BCUT2D eigenvalue weighted by molar-refractivity contribution is -0.149. The zero-order valence-electron chi connectivity index (χ0n) is 8.03. The molecular formula is C10H15NO3. The van der Waals surface area contributed by atoms with Crippen molar-refractivity contribution in [2.75, 3.05) is 0 Å². The molecule has 0 aromatic carbocycles. The predicted octanol–water partition coefficient (Wildman–Crippen LogP) is 0.919. The lowest BCUT2D eigenvalue weighted by Crippen LogP contribution is -2.43. The fourth-order valence-corrected chi connectivity index (χ4v) is 2.28. The first-order chi connectivity index (χ1) is 6.54. The standard InChI is InChI=1S/C10H15NO3/c1-2-7(8(12)13)10(9(11)14)5-3-4-6-10/h2,7H,1,3-6H2,(H2,11,14)(H,12,13). The van der Waals surface area contributed by atoms with Gasteiger partial charge in [-0.05, 0) is 12.8 Å². The van der Waals surface area contributed by atoms with E-state index in [0.717, 1.165) is 12.8 Å². The van der Waals surface area contributed by atoms with Gasteiger partial charge in [-0.2, -0.15) is 0 Å². The summed E-state index contributed by atoms with van der Waals surface area (Å²) in [5, 5.41) is 8.97. The van der Waals surface area contributed by atoms with Crippen LogP contribution in [0.4, 0.5) is 0 Å². The molecule has 0 radical (unpaired) electrons. The van der Waals surface area contributed by atoms with Crippen LogP contribution >= 0.6 is 0 Å². The molecule has 1 aliphatic rings. The highest BCUT2D eigenvalue weighted by Gasteiger charge is 2.48. The van der Waals surface area contributed by atoms with Gasteiger partial charge in [-0.25, -0.2) is 0 Å². The van der Waals surface area contributed by atoms with Crippen LogP contribution in [0.15, 0.2) is 12.7 Å². The molecule has 1 rings (SSSR count). The van der Waals surface area contributed by atoms with Gasteiger partial charge in [0.25, 0.3) is 0 Å². The van der Waals surface area contributed by atoms with Crippen LogP contribution in [0.25, 0.3) is 0 Å². The Morgan fingerprint density at radius 1 is 1.43 bits per heavy atom. The van der Waals surface area contributed by atoms with Crippen molar-refractivity contribution in [2.45, 2.75) is 25.7 Å². The number of nitrogens with two attached hydrogens (primary N) is 1. The summed E-state index contributed by atoms with van der Waals surface area (Å²) in [6, 6.07) is 0. The maximum absolute atomic E-state index is 11.3. The number of rotatable bonds is 4. The molecule has 0 saturated heterocycles. The summed E-state index contributed by atoms with van der Waals surface area (Å²) in [4.78, 5) is 22.3. The molecule has 78 valence electrons. The molecule has 3 N–H and O–H groups in total. The zero-order chi connectivity index (χ0) is 10.8. The molecule has 0 bridgehead atoms. The van der Waals surface area contributed by atoms with Crippen LogP contribution < -0.4 is 5.73 Å². The molecule has 1 atom stereocenters. The van der Waals surface area contributed by atoms with E-state index in [1.807, 2.05) is 0 Å². The van der Waals surface area contributed by atoms with E-state index in [9.17, 15) is 9.59 Å². The fraction of sp³-hybridized carbons (Fsp3) is 0.600. The van der Waals surface area contributed by atoms with Gasteiger partial charge in [-0.1, -0.05) is 18.9 Å². The van der Waals surface area contributed by atoms with Crippen LogP contribution in [0, 0.1) is 11.3 Å². The van der Waals surface area contributed by atoms with Crippen molar-refractivity contribution >= 4 is 11.9 Å². The van der Waals surface area contributed by atoms with Gasteiger partial charge in [-0.15, -0.1) is 6.58 Å². The minimum atomic E-state index is -1.01.